The third kappa shape index (κ3) is 8.06. The van der Waals surface area contributed by atoms with Crippen LogP contribution in [0, 0.1) is 0 Å². The Balaban J connectivity index is 2.05. The molecule has 0 aliphatic carbocycles. The number of aryl methyl sites for hydroxylation is 1. The average molecular weight is 489 g/mol. The normalized spacial score (nSPS) is 12.4. The van der Waals surface area contributed by atoms with Gasteiger partial charge in [0.25, 0.3) is 5.56 Å². The number of hydrogen-bond donors (Lipinski definition) is 1. The van der Waals surface area contributed by atoms with Crippen molar-refractivity contribution in [3.8, 4) is 5.75 Å². The van der Waals surface area contributed by atoms with Gasteiger partial charge in [-0.15, -0.1) is 0 Å². The topological polar surface area (TPSA) is 104 Å². The predicted octanol–water partition coefficient (Wildman–Crippen LogP) is 3.04. The molecule has 0 radical (unpaired) electrons. The van der Waals surface area contributed by atoms with Crippen LogP contribution >= 0.6 is 0 Å². The zero-order valence-electron chi connectivity index (χ0n) is 21.9. The molecule has 0 aliphatic heterocycles. The number of benzene rings is 1. The van der Waals surface area contributed by atoms with E-state index < -0.39 is 17.3 Å². The molecular weight excluding hydrogens is 448 g/mol. The summed E-state index contributed by atoms with van der Waals surface area (Å²) in [5.41, 5.74) is -0.399. The lowest BCUT2D eigenvalue weighted by Gasteiger charge is -2.24. The molecular formula is C26H40N4O5. The van der Waals surface area contributed by atoms with Crippen molar-refractivity contribution in [3.05, 3.63) is 56.4 Å². The largest absolute Gasteiger partial charge is 0.476 e. The molecule has 0 aliphatic rings. The van der Waals surface area contributed by atoms with Crippen molar-refractivity contribution in [2.75, 3.05) is 13.2 Å². The van der Waals surface area contributed by atoms with Crippen LogP contribution in [0.25, 0.3) is 0 Å². The maximum absolute atomic E-state index is 12.7. The molecule has 9 heteroatoms. The van der Waals surface area contributed by atoms with Gasteiger partial charge in [0.2, 0.25) is 0 Å². The number of carbonyl (C=O) groups is 1. The highest BCUT2D eigenvalue weighted by atomic mass is 16.6. The van der Waals surface area contributed by atoms with Crippen molar-refractivity contribution in [2.45, 2.75) is 77.9 Å². The van der Waals surface area contributed by atoms with Crippen molar-refractivity contribution in [1.82, 2.24) is 19.7 Å². The molecule has 0 fully saturated rings. The van der Waals surface area contributed by atoms with Crippen LogP contribution in [-0.2, 0) is 30.0 Å². The number of nitrogens with one attached hydrogen (secondary N) is 1. The lowest BCUT2D eigenvalue weighted by atomic mass is 10.0. The van der Waals surface area contributed by atoms with Gasteiger partial charge in [-0.3, -0.25) is 9.36 Å². The van der Waals surface area contributed by atoms with E-state index in [1.165, 1.54) is 11.7 Å². The van der Waals surface area contributed by atoms with Crippen LogP contribution in [0.2, 0.25) is 0 Å². The highest BCUT2D eigenvalue weighted by Gasteiger charge is 2.31. The molecule has 1 aromatic heterocycles. The molecule has 35 heavy (non-hydrogen) atoms. The van der Waals surface area contributed by atoms with Gasteiger partial charge >= 0.3 is 11.7 Å². The van der Waals surface area contributed by atoms with E-state index >= 15 is 0 Å². The van der Waals surface area contributed by atoms with E-state index in [1.807, 2.05) is 24.3 Å². The molecule has 1 unspecified atom stereocenters. The minimum atomic E-state index is -1.07. The first kappa shape index (κ1) is 28.3. The first-order chi connectivity index (χ1) is 16.6. The lowest BCUT2D eigenvalue weighted by molar-refractivity contribution is -0.158. The van der Waals surface area contributed by atoms with Crippen LogP contribution in [0.3, 0.4) is 0 Å². The number of rotatable bonds is 14. The third-order valence-electron chi connectivity index (χ3n) is 5.89. The van der Waals surface area contributed by atoms with Crippen LogP contribution in [0.4, 0.5) is 0 Å². The Morgan fingerprint density at radius 2 is 1.77 bits per heavy atom. The van der Waals surface area contributed by atoms with Crippen molar-refractivity contribution < 1.29 is 14.3 Å². The fourth-order valence-electron chi connectivity index (χ4n) is 3.81. The molecule has 2 rings (SSSR count). The van der Waals surface area contributed by atoms with Gasteiger partial charge in [-0.2, -0.15) is 5.10 Å². The fraction of sp³-hybridized carbons (Fsp3) is 0.615. The number of ether oxygens (including phenoxy) is 2. The van der Waals surface area contributed by atoms with Gasteiger partial charge in [0.15, 0.2) is 5.60 Å². The summed E-state index contributed by atoms with van der Waals surface area (Å²) in [6, 6.07) is 7.35. The van der Waals surface area contributed by atoms with Gasteiger partial charge in [0.05, 0.1) is 12.6 Å². The highest BCUT2D eigenvalue weighted by molar-refractivity contribution is 5.79. The van der Waals surface area contributed by atoms with E-state index in [1.54, 1.807) is 27.8 Å². The summed E-state index contributed by atoms with van der Waals surface area (Å²) in [6.07, 6.45) is 5.85. The molecule has 194 valence electrons. The molecule has 0 amide bonds. The van der Waals surface area contributed by atoms with Crippen molar-refractivity contribution in [1.29, 1.82) is 0 Å². The smallest absolute Gasteiger partial charge is 0.349 e. The maximum atomic E-state index is 12.7. The third-order valence-corrected chi connectivity index (χ3v) is 5.89. The molecule has 1 aromatic carbocycles. The van der Waals surface area contributed by atoms with Crippen LogP contribution in [-0.4, -0.2) is 39.1 Å². The van der Waals surface area contributed by atoms with E-state index in [2.05, 4.69) is 17.3 Å². The zero-order valence-corrected chi connectivity index (χ0v) is 21.9. The van der Waals surface area contributed by atoms with E-state index in [-0.39, 0.29) is 11.6 Å². The SMILES string of the molecule is CCCCCCC(NCCc1ccc(OC(C)(C)C(=O)OCC)cc1)c1nn(C)c(=O)n(C)c1=O. The standard InChI is InChI=1S/C26H40N4O5/c1-7-9-10-11-12-21(22-23(31)29(5)25(33)30(6)28-22)27-18-17-19-13-15-20(16-14-19)35-26(3,4)24(32)34-8-2/h13-16,21,27H,7-12,17-18H2,1-6H3. The summed E-state index contributed by atoms with van der Waals surface area (Å²) in [6.45, 7) is 8.23. The van der Waals surface area contributed by atoms with Gasteiger partial charge in [0.1, 0.15) is 11.4 Å². The number of nitrogens with zero attached hydrogens (tertiary/aromatic N) is 3. The predicted molar refractivity (Wildman–Crippen MR) is 136 cm³/mol. The van der Waals surface area contributed by atoms with E-state index in [4.69, 9.17) is 9.47 Å². The number of hydrogen-bond acceptors (Lipinski definition) is 7. The maximum Gasteiger partial charge on any atom is 0.349 e. The highest BCUT2D eigenvalue weighted by Crippen LogP contribution is 2.21. The Labute approximate surface area is 207 Å². The summed E-state index contributed by atoms with van der Waals surface area (Å²) in [4.78, 5) is 36.9. The first-order valence-corrected chi connectivity index (χ1v) is 12.4. The Morgan fingerprint density at radius 1 is 1.09 bits per heavy atom. The molecule has 1 atom stereocenters. The lowest BCUT2D eigenvalue weighted by Crippen LogP contribution is -2.43. The molecule has 9 nitrogen and oxygen atoms in total. The summed E-state index contributed by atoms with van der Waals surface area (Å²) < 4.78 is 13.2. The van der Waals surface area contributed by atoms with Gasteiger partial charge < -0.3 is 14.8 Å². The molecule has 0 bridgehead atoms. The van der Waals surface area contributed by atoms with Crippen LogP contribution in [0.1, 0.15) is 77.1 Å². The Hall–Kier alpha value is -2.94. The molecule has 1 heterocycles. The quantitative estimate of drug-likeness (QED) is 0.322. The monoisotopic (exact) mass is 488 g/mol. The Kier molecular flexibility index (Phi) is 10.7. The molecule has 0 saturated carbocycles. The van der Waals surface area contributed by atoms with Crippen molar-refractivity contribution in [2.24, 2.45) is 14.1 Å². The van der Waals surface area contributed by atoms with Crippen LogP contribution in [0.15, 0.2) is 33.9 Å². The summed E-state index contributed by atoms with van der Waals surface area (Å²) in [5.74, 6) is 0.183. The molecule has 2 aromatic rings. The average Bonchev–Trinajstić information content (AvgIpc) is 2.82. The molecule has 0 saturated heterocycles. The number of carbonyl (C=O) groups excluding carboxylic acids is 1. The van der Waals surface area contributed by atoms with Gasteiger partial charge in [-0.25, -0.2) is 14.3 Å². The van der Waals surface area contributed by atoms with Crippen LogP contribution in [0.5, 0.6) is 5.75 Å². The summed E-state index contributed by atoms with van der Waals surface area (Å²) >= 11 is 0. The van der Waals surface area contributed by atoms with E-state index in [0.29, 0.717) is 24.6 Å². The fourth-order valence-corrected chi connectivity index (χ4v) is 3.81. The minimum Gasteiger partial charge on any atom is -0.476 e. The Bertz CT molecular complexity index is 1070. The second kappa shape index (κ2) is 13.2. The van der Waals surface area contributed by atoms with Gasteiger partial charge in [-0.1, -0.05) is 44.7 Å². The Morgan fingerprint density at radius 3 is 2.40 bits per heavy atom. The number of unbranched alkanes of at least 4 members (excludes halogenated alkanes) is 3. The summed E-state index contributed by atoms with van der Waals surface area (Å²) in [5, 5.41) is 7.76. The number of esters is 1. The first-order valence-electron chi connectivity index (χ1n) is 12.4. The molecule has 0 spiro atoms. The van der Waals surface area contributed by atoms with E-state index in [9.17, 15) is 14.4 Å². The zero-order chi connectivity index (χ0) is 26.0. The second-order valence-corrected chi connectivity index (χ2v) is 9.24. The van der Waals surface area contributed by atoms with E-state index in [0.717, 1.165) is 48.7 Å². The van der Waals surface area contributed by atoms with Crippen molar-refractivity contribution in [3.63, 3.8) is 0 Å². The second-order valence-electron chi connectivity index (χ2n) is 9.24. The summed E-state index contributed by atoms with van der Waals surface area (Å²) in [7, 11) is 3.04. The minimum absolute atomic E-state index is 0.231. The number of aromatic nitrogens is 3. The van der Waals surface area contributed by atoms with Gasteiger partial charge in [-0.05, 0) is 57.9 Å². The van der Waals surface area contributed by atoms with Crippen molar-refractivity contribution >= 4 is 5.97 Å². The molecule has 1 N–H and O–H groups in total. The van der Waals surface area contributed by atoms with Crippen LogP contribution < -0.4 is 21.3 Å². The van der Waals surface area contributed by atoms with Gasteiger partial charge in [0, 0.05) is 14.1 Å².